The summed E-state index contributed by atoms with van der Waals surface area (Å²) in [6.45, 7) is 11.7. The molecule has 0 aliphatic carbocycles. The number of carbonyl (C=O) groups excluding carboxylic acids is 2. The van der Waals surface area contributed by atoms with Crippen molar-refractivity contribution in [3.05, 3.63) is 35.4 Å². The number of amides is 1. The topological polar surface area (TPSA) is 46.6 Å². The molecule has 1 atom stereocenters. The Labute approximate surface area is 139 Å². The number of ether oxygens (including phenoxy) is 1. The highest BCUT2D eigenvalue weighted by Gasteiger charge is 2.33. The third-order valence-electron chi connectivity index (χ3n) is 3.52. The number of ketones is 1. The largest absolute Gasteiger partial charge is 0.444 e. The molecular formula is C19H29NO3. The van der Waals surface area contributed by atoms with Crippen LogP contribution in [0, 0.1) is 0 Å². The molecule has 2 rings (SSSR count). The third-order valence-corrected chi connectivity index (χ3v) is 3.52. The van der Waals surface area contributed by atoms with Crippen molar-refractivity contribution >= 4 is 11.9 Å². The smallest absolute Gasteiger partial charge is 0.410 e. The van der Waals surface area contributed by atoms with Gasteiger partial charge in [-0.2, -0.15) is 0 Å². The Kier molecular flexibility index (Phi) is 6.79. The van der Waals surface area contributed by atoms with E-state index in [0.717, 1.165) is 12.0 Å². The maximum absolute atomic E-state index is 12.4. The van der Waals surface area contributed by atoms with Crippen molar-refractivity contribution in [2.24, 2.45) is 0 Å². The summed E-state index contributed by atoms with van der Waals surface area (Å²) in [5.74, 6) is 0.0743. The lowest BCUT2D eigenvalue weighted by molar-refractivity contribution is -0.118. The Hall–Kier alpha value is -1.84. The number of hydrogen-bond donors (Lipinski definition) is 0. The minimum Gasteiger partial charge on any atom is -0.444 e. The van der Waals surface area contributed by atoms with Crippen LogP contribution in [-0.2, 0) is 16.0 Å². The predicted molar refractivity (Wildman–Crippen MR) is 92.5 cm³/mol. The van der Waals surface area contributed by atoms with Crippen LogP contribution in [0.4, 0.5) is 4.79 Å². The fraction of sp³-hybridized carbons (Fsp3) is 0.579. The maximum Gasteiger partial charge on any atom is 0.410 e. The highest BCUT2D eigenvalue weighted by Crippen LogP contribution is 2.33. The van der Waals surface area contributed by atoms with E-state index in [1.165, 1.54) is 5.56 Å². The van der Waals surface area contributed by atoms with E-state index in [1.807, 2.05) is 52.8 Å². The SMILES string of the molecule is CC.CC(=O)CC1c2ccccc2CCN1C(=O)OC(C)(C)C. The van der Waals surface area contributed by atoms with Gasteiger partial charge in [-0.25, -0.2) is 4.79 Å². The molecule has 1 heterocycles. The molecule has 1 aliphatic heterocycles. The van der Waals surface area contributed by atoms with Gasteiger partial charge in [0.25, 0.3) is 0 Å². The van der Waals surface area contributed by atoms with Crippen molar-refractivity contribution in [2.75, 3.05) is 6.54 Å². The lowest BCUT2D eigenvalue weighted by Gasteiger charge is -2.37. The van der Waals surface area contributed by atoms with Crippen molar-refractivity contribution in [3.63, 3.8) is 0 Å². The van der Waals surface area contributed by atoms with Crippen molar-refractivity contribution in [1.29, 1.82) is 0 Å². The number of Topliss-reactive ketones (excluding diaryl/α,β-unsaturated/α-hetero) is 1. The number of fused-ring (bicyclic) bond motifs is 1. The first kappa shape index (κ1) is 19.2. The van der Waals surface area contributed by atoms with Gasteiger partial charge in [-0.15, -0.1) is 0 Å². The molecule has 1 aromatic rings. The lowest BCUT2D eigenvalue weighted by Crippen LogP contribution is -2.43. The number of nitrogens with zero attached hydrogens (tertiary/aromatic N) is 1. The fourth-order valence-electron chi connectivity index (χ4n) is 2.68. The summed E-state index contributed by atoms with van der Waals surface area (Å²) in [5, 5.41) is 0. The zero-order chi connectivity index (χ0) is 17.6. The molecule has 1 aromatic carbocycles. The van der Waals surface area contributed by atoms with Gasteiger partial charge in [0.15, 0.2) is 0 Å². The Morgan fingerprint density at radius 1 is 1.22 bits per heavy atom. The van der Waals surface area contributed by atoms with Crippen molar-refractivity contribution in [3.8, 4) is 0 Å². The van der Waals surface area contributed by atoms with Crippen LogP contribution in [0.5, 0.6) is 0 Å². The summed E-state index contributed by atoms with van der Waals surface area (Å²) >= 11 is 0. The van der Waals surface area contributed by atoms with Crippen LogP contribution in [0.3, 0.4) is 0 Å². The summed E-state index contributed by atoms with van der Waals surface area (Å²) in [6, 6.07) is 7.79. The van der Waals surface area contributed by atoms with E-state index in [4.69, 9.17) is 4.74 Å². The van der Waals surface area contributed by atoms with Gasteiger partial charge in [-0.05, 0) is 45.2 Å². The molecule has 0 N–H and O–H groups in total. The van der Waals surface area contributed by atoms with E-state index in [2.05, 4.69) is 6.07 Å². The van der Waals surface area contributed by atoms with Crippen LogP contribution in [0.2, 0.25) is 0 Å². The second kappa shape index (κ2) is 8.14. The van der Waals surface area contributed by atoms with E-state index in [-0.39, 0.29) is 17.9 Å². The summed E-state index contributed by atoms with van der Waals surface area (Å²) in [7, 11) is 0. The molecule has 128 valence electrons. The summed E-state index contributed by atoms with van der Waals surface area (Å²) in [4.78, 5) is 25.7. The number of hydrogen-bond acceptors (Lipinski definition) is 3. The molecule has 0 saturated heterocycles. The first-order chi connectivity index (χ1) is 10.8. The standard InChI is InChI=1S/C17H23NO3.C2H6/c1-12(19)11-15-14-8-6-5-7-13(14)9-10-18(15)16(20)21-17(2,3)4;1-2/h5-8,15H,9-11H2,1-4H3;1-2H3. The first-order valence-corrected chi connectivity index (χ1v) is 8.35. The van der Waals surface area contributed by atoms with Gasteiger partial charge in [0.1, 0.15) is 11.4 Å². The quantitative estimate of drug-likeness (QED) is 0.805. The van der Waals surface area contributed by atoms with E-state index in [0.29, 0.717) is 13.0 Å². The van der Waals surface area contributed by atoms with Crippen LogP contribution >= 0.6 is 0 Å². The molecule has 0 bridgehead atoms. The van der Waals surface area contributed by atoms with E-state index in [1.54, 1.807) is 11.8 Å². The normalized spacial score (nSPS) is 16.8. The second-order valence-corrected chi connectivity index (χ2v) is 6.54. The summed E-state index contributed by atoms with van der Waals surface area (Å²) < 4.78 is 5.48. The van der Waals surface area contributed by atoms with Crippen LogP contribution in [0.1, 0.15) is 65.1 Å². The van der Waals surface area contributed by atoms with Gasteiger partial charge < -0.3 is 9.64 Å². The Balaban J connectivity index is 0.00000127. The molecule has 0 radical (unpaired) electrons. The molecule has 23 heavy (non-hydrogen) atoms. The molecule has 4 heteroatoms. The highest BCUT2D eigenvalue weighted by atomic mass is 16.6. The Bertz CT molecular complexity index is 546. The van der Waals surface area contributed by atoms with Crippen molar-refractivity contribution in [1.82, 2.24) is 4.90 Å². The van der Waals surface area contributed by atoms with Gasteiger partial charge in [0, 0.05) is 13.0 Å². The molecule has 0 saturated carbocycles. The van der Waals surface area contributed by atoms with Gasteiger partial charge in [0.2, 0.25) is 0 Å². The van der Waals surface area contributed by atoms with Crippen molar-refractivity contribution in [2.45, 2.75) is 66.0 Å². The van der Waals surface area contributed by atoms with Gasteiger partial charge in [-0.1, -0.05) is 38.1 Å². The highest BCUT2D eigenvalue weighted by molar-refractivity contribution is 5.78. The van der Waals surface area contributed by atoms with Crippen LogP contribution in [0.25, 0.3) is 0 Å². The minimum atomic E-state index is -0.533. The number of rotatable bonds is 2. The second-order valence-electron chi connectivity index (χ2n) is 6.54. The van der Waals surface area contributed by atoms with Gasteiger partial charge >= 0.3 is 6.09 Å². The van der Waals surface area contributed by atoms with E-state index >= 15 is 0 Å². The fourth-order valence-corrected chi connectivity index (χ4v) is 2.68. The van der Waals surface area contributed by atoms with Crippen molar-refractivity contribution < 1.29 is 14.3 Å². The predicted octanol–water partition coefficient (Wildman–Crippen LogP) is 4.53. The van der Waals surface area contributed by atoms with Crippen LogP contribution in [-0.4, -0.2) is 28.9 Å². The molecule has 0 aromatic heterocycles. The first-order valence-electron chi connectivity index (χ1n) is 8.35. The number of carbonyl (C=O) groups is 2. The molecule has 0 fully saturated rings. The molecule has 0 spiro atoms. The Morgan fingerprint density at radius 3 is 2.39 bits per heavy atom. The maximum atomic E-state index is 12.4. The van der Waals surface area contributed by atoms with Gasteiger partial charge in [0.05, 0.1) is 6.04 Å². The molecule has 1 amide bonds. The monoisotopic (exact) mass is 319 g/mol. The summed E-state index contributed by atoms with van der Waals surface area (Å²) in [5.41, 5.74) is 1.74. The zero-order valence-electron chi connectivity index (χ0n) is 15.2. The molecule has 1 aliphatic rings. The van der Waals surface area contributed by atoms with E-state index < -0.39 is 5.60 Å². The average Bonchev–Trinajstić information content (AvgIpc) is 2.47. The zero-order valence-corrected chi connectivity index (χ0v) is 15.2. The van der Waals surface area contributed by atoms with Crippen LogP contribution < -0.4 is 0 Å². The van der Waals surface area contributed by atoms with Gasteiger partial charge in [-0.3, -0.25) is 4.79 Å². The van der Waals surface area contributed by atoms with Crippen LogP contribution in [0.15, 0.2) is 24.3 Å². The summed E-state index contributed by atoms with van der Waals surface area (Å²) in [6.07, 6.45) is 0.781. The Morgan fingerprint density at radius 2 is 1.83 bits per heavy atom. The lowest BCUT2D eigenvalue weighted by atomic mass is 9.90. The molecule has 4 nitrogen and oxygen atoms in total. The average molecular weight is 319 g/mol. The van der Waals surface area contributed by atoms with E-state index in [9.17, 15) is 9.59 Å². The number of benzene rings is 1. The molecular weight excluding hydrogens is 290 g/mol. The third kappa shape index (κ3) is 5.38. The minimum absolute atomic E-state index is 0.0743. The molecule has 1 unspecified atom stereocenters.